The predicted molar refractivity (Wildman–Crippen MR) is 66.2 cm³/mol. The second kappa shape index (κ2) is 6.36. The molecule has 0 aromatic carbocycles. The number of carbonyl (C=O) groups excluding carboxylic acids is 1. The Morgan fingerprint density at radius 1 is 1.55 bits per heavy atom. The van der Waals surface area contributed by atoms with E-state index in [1.807, 2.05) is 0 Å². The summed E-state index contributed by atoms with van der Waals surface area (Å²) in [6.07, 6.45) is -5.90. The molecule has 1 fully saturated rings. The molecule has 1 amide bonds. The Bertz CT molecular complexity index is 598. The number of hydrogen-bond acceptors (Lipinski definition) is 8. The lowest BCUT2D eigenvalue weighted by atomic mass is 10.1. The van der Waals surface area contributed by atoms with E-state index in [-0.39, 0.29) is 5.82 Å². The number of rotatable bonds is 6. The first-order valence-corrected chi connectivity index (χ1v) is 7.76. The number of alkyl halides is 1. The van der Waals surface area contributed by atoms with E-state index in [4.69, 9.17) is 15.4 Å². The number of aliphatic hydroxyl groups excluding tert-OH is 2. The molecule has 0 bridgehead atoms. The number of primary amides is 1. The lowest BCUT2D eigenvalue weighted by Crippen LogP contribution is -2.33. The number of halogens is 1. The molecule has 5 atom stereocenters. The lowest BCUT2D eigenvalue weighted by Gasteiger charge is -2.16. The summed E-state index contributed by atoms with van der Waals surface area (Å²) in [4.78, 5) is 23.4. The van der Waals surface area contributed by atoms with Gasteiger partial charge in [-0.25, -0.2) is 14.1 Å². The van der Waals surface area contributed by atoms with E-state index in [1.54, 1.807) is 0 Å². The van der Waals surface area contributed by atoms with Crippen LogP contribution in [-0.2, 0) is 13.8 Å². The average Bonchev–Trinajstić information content (AvgIpc) is 3.05. The van der Waals surface area contributed by atoms with Crippen LogP contribution in [0.1, 0.15) is 16.8 Å². The van der Waals surface area contributed by atoms with Gasteiger partial charge in [0.25, 0.3) is 5.91 Å². The van der Waals surface area contributed by atoms with Gasteiger partial charge in [-0.2, -0.15) is 0 Å². The molecule has 5 N–H and O–H groups in total. The highest BCUT2D eigenvalue weighted by molar-refractivity contribution is 7.52. The highest BCUT2D eigenvalue weighted by Gasteiger charge is 2.45. The van der Waals surface area contributed by atoms with E-state index < -0.39 is 51.1 Å². The van der Waals surface area contributed by atoms with Crippen LogP contribution in [0.2, 0.25) is 0 Å². The Balaban J connectivity index is 2.06. The quantitative estimate of drug-likeness (QED) is 0.433. The number of ether oxygens (including phenoxy) is 1. The van der Waals surface area contributed by atoms with E-state index >= 15 is 0 Å². The first-order valence-electron chi connectivity index (χ1n) is 6.00. The van der Waals surface area contributed by atoms with Crippen molar-refractivity contribution in [1.82, 2.24) is 14.8 Å². The Morgan fingerprint density at radius 2 is 2.23 bits per heavy atom. The second-order valence-corrected chi connectivity index (χ2v) is 6.28. The minimum atomic E-state index is -4.41. The van der Waals surface area contributed by atoms with Crippen molar-refractivity contribution in [2.75, 3.05) is 13.0 Å². The Labute approximate surface area is 123 Å². The highest BCUT2D eigenvalue weighted by Crippen LogP contribution is 2.43. The number of aromatic nitrogens is 3. The van der Waals surface area contributed by atoms with Gasteiger partial charge in [-0.05, 0) is 0 Å². The molecule has 22 heavy (non-hydrogen) atoms. The molecule has 0 radical (unpaired) electrons. The fourth-order valence-corrected chi connectivity index (χ4v) is 2.27. The molecule has 2 heterocycles. The van der Waals surface area contributed by atoms with Crippen LogP contribution in [-0.4, -0.2) is 67.1 Å². The maximum atomic E-state index is 12.2. The number of hydrogen-bond donors (Lipinski definition) is 4. The number of carbonyl (C=O) groups is 1. The van der Waals surface area contributed by atoms with Crippen molar-refractivity contribution in [3.63, 3.8) is 0 Å². The molecule has 11 nitrogen and oxygen atoms in total. The number of amides is 1. The maximum absolute atomic E-state index is 12.2. The molecule has 1 aliphatic heterocycles. The third-order valence-electron chi connectivity index (χ3n) is 2.92. The summed E-state index contributed by atoms with van der Waals surface area (Å²) in [6.45, 7) is -0.621. The molecule has 1 aliphatic rings. The highest BCUT2D eigenvalue weighted by atomic mass is 31.2. The lowest BCUT2D eigenvalue weighted by molar-refractivity contribution is -0.0566. The van der Waals surface area contributed by atoms with Crippen LogP contribution in [0, 0.1) is 0 Å². The second-order valence-electron chi connectivity index (χ2n) is 4.51. The molecule has 2 rings (SSSR count). The van der Waals surface area contributed by atoms with Gasteiger partial charge in [-0.1, -0.05) is 0 Å². The number of aliphatic hydroxyl groups is 2. The third-order valence-corrected chi connectivity index (χ3v) is 3.77. The van der Waals surface area contributed by atoms with Crippen molar-refractivity contribution in [3.8, 4) is 0 Å². The molecule has 13 heteroatoms. The first kappa shape index (κ1) is 16.9. The summed E-state index contributed by atoms with van der Waals surface area (Å²) in [5.74, 6) is -1.21. The molecular weight excluding hydrogens is 326 g/mol. The van der Waals surface area contributed by atoms with Crippen LogP contribution in [0.4, 0.5) is 4.39 Å². The fourth-order valence-electron chi connectivity index (χ4n) is 1.82. The van der Waals surface area contributed by atoms with E-state index in [2.05, 4.69) is 14.6 Å². The molecule has 1 unspecified atom stereocenters. The van der Waals surface area contributed by atoms with Gasteiger partial charge in [0.05, 0.1) is 6.61 Å². The Morgan fingerprint density at radius 3 is 2.77 bits per heavy atom. The molecule has 0 aliphatic carbocycles. The van der Waals surface area contributed by atoms with Gasteiger partial charge in [-0.15, -0.1) is 5.10 Å². The van der Waals surface area contributed by atoms with E-state index in [1.165, 1.54) is 0 Å². The van der Waals surface area contributed by atoms with Crippen molar-refractivity contribution in [3.05, 3.63) is 12.2 Å². The normalized spacial score (nSPS) is 31.1. The molecule has 1 aromatic rings. The zero-order valence-electron chi connectivity index (χ0n) is 11.0. The first-order chi connectivity index (χ1) is 10.2. The van der Waals surface area contributed by atoms with Crippen molar-refractivity contribution in [2.24, 2.45) is 5.73 Å². The summed E-state index contributed by atoms with van der Waals surface area (Å²) >= 11 is 0. The minimum absolute atomic E-state index is 0.317. The van der Waals surface area contributed by atoms with Crippen molar-refractivity contribution >= 4 is 13.5 Å². The predicted octanol–water partition coefficient (Wildman–Crippen LogP) is -1.87. The zero-order chi connectivity index (χ0) is 16.5. The zero-order valence-corrected chi connectivity index (χ0v) is 11.9. The van der Waals surface area contributed by atoms with Gasteiger partial charge in [0.15, 0.2) is 12.6 Å². The topological polar surface area (TPSA) is 170 Å². The van der Waals surface area contributed by atoms with E-state index in [0.29, 0.717) is 0 Å². The number of nitrogens with zero attached hydrogens (tertiary/aromatic N) is 3. The minimum Gasteiger partial charge on any atom is -0.387 e. The molecule has 0 saturated carbocycles. The Kier molecular flexibility index (Phi) is 4.90. The van der Waals surface area contributed by atoms with Gasteiger partial charge in [0.1, 0.15) is 24.6 Å². The van der Waals surface area contributed by atoms with Gasteiger partial charge in [0.2, 0.25) is 5.82 Å². The molecule has 124 valence electrons. The molecule has 1 aromatic heterocycles. The summed E-state index contributed by atoms with van der Waals surface area (Å²) in [6, 6.07) is 0. The number of nitrogens with two attached hydrogens (primary N) is 1. The average molecular weight is 340 g/mol. The SMILES string of the molecule is NC(=O)c1ncn([C@@H]2O[C@H](COP(=O)(O)CF)[C@@H](O)[C@H]2O)n1. The molecular formula is C9H14FN4O7P. The standard InChI is InChI=1S/C9H14FN4O7P/c10-2-22(18,19)20-1-4-5(15)6(16)9(21-4)14-3-12-8(13-14)7(11)17/h3-6,9,15-16H,1-2H2,(H2,11,17)(H,18,19)/t4-,5-,6-,9-/m1/s1. The summed E-state index contributed by atoms with van der Waals surface area (Å²) in [5, 5.41) is 23.3. The fraction of sp³-hybridized carbons (Fsp3) is 0.667. The smallest absolute Gasteiger partial charge is 0.358 e. The molecule has 0 spiro atoms. The van der Waals surface area contributed by atoms with Crippen molar-refractivity contribution < 1.29 is 38.1 Å². The third kappa shape index (κ3) is 3.48. The van der Waals surface area contributed by atoms with E-state index in [0.717, 1.165) is 11.0 Å². The van der Waals surface area contributed by atoms with Gasteiger partial charge >= 0.3 is 7.60 Å². The van der Waals surface area contributed by atoms with Crippen LogP contribution < -0.4 is 5.73 Å². The summed E-state index contributed by atoms with van der Waals surface area (Å²) < 4.78 is 33.8. The monoisotopic (exact) mass is 340 g/mol. The van der Waals surface area contributed by atoms with Crippen molar-refractivity contribution in [1.29, 1.82) is 0 Å². The van der Waals surface area contributed by atoms with E-state index in [9.17, 15) is 24.0 Å². The van der Waals surface area contributed by atoms with Crippen LogP contribution in [0.15, 0.2) is 6.33 Å². The largest absolute Gasteiger partial charge is 0.387 e. The summed E-state index contributed by atoms with van der Waals surface area (Å²) in [5.41, 5.74) is 4.98. The van der Waals surface area contributed by atoms with Crippen molar-refractivity contribution in [2.45, 2.75) is 24.5 Å². The van der Waals surface area contributed by atoms with Crippen LogP contribution in [0.5, 0.6) is 0 Å². The van der Waals surface area contributed by atoms with Crippen LogP contribution in [0.25, 0.3) is 0 Å². The van der Waals surface area contributed by atoms with Crippen LogP contribution in [0.3, 0.4) is 0 Å². The van der Waals surface area contributed by atoms with Gasteiger partial charge in [-0.3, -0.25) is 9.36 Å². The Hall–Kier alpha value is -1.43. The van der Waals surface area contributed by atoms with Gasteiger partial charge < -0.3 is 30.1 Å². The van der Waals surface area contributed by atoms with Gasteiger partial charge in [0, 0.05) is 0 Å². The maximum Gasteiger partial charge on any atom is 0.358 e. The van der Waals surface area contributed by atoms with Crippen LogP contribution >= 0.6 is 7.60 Å². The molecule has 1 saturated heterocycles. The summed E-state index contributed by atoms with van der Waals surface area (Å²) in [7, 11) is -4.41.